The summed E-state index contributed by atoms with van der Waals surface area (Å²) in [7, 11) is 1.63. The highest BCUT2D eigenvalue weighted by molar-refractivity contribution is 5.77. The van der Waals surface area contributed by atoms with Crippen molar-refractivity contribution in [1.29, 1.82) is 0 Å². The maximum absolute atomic E-state index is 12.1. The molecule has 1 saturated heterocycles. The highest BCUT2D eigenvalue weighted by Gasteiger charge is 2.29. The van der Waals surface area contributed by atoms with Gasteiger partial charge in [0, 0.05) is 20.2 Å². The average Bonchev–Trinajstić information content (AvgIpc) is 2.52. The fourth-order valence-electron chi connectivity index (χ4n) is 2.96. The molecule has 2 rings (SSSR count). The second-order valence-electron chi connectivity index (χ2n) is 5.67. The smallest absolute Gasteiger partial charge is 0.248 e. The summed E-state index contributed by atoms with van der Waals surface area (Å²) in [5.41, 5.74) is 1.38. The summed E-state index contributed by atoms with van der Waals surface area (Å²) in [6.45, 7) is 5.01. The van der Waals surface area contributed by atoms with Gasteiger partial charge in [-0.2, -0.15) is 0 Å². The molecule has 1 aromatic carbocycles. The first kappa shape index (κ1) is 16.0. The van der Waals surface area contributed by atoms with Crippen molar-refractivity contribution in [1.82, 2.24) is 4.90 Å². The van der Waals surface area contributed by atoms with Crippen LogP contribution in [0, 0.1) is 5.92 Å². The number of rotatable bonds is 6. The van der Waals surface area contributed by atoms with Gasteiger partial charge in [-0.1, -0.05) is 37.3 Å². The number of nitrogens with zero attached hydrogens (tertiary/aromatic N) is 1. The second-order valence-corrected chi connectivity index (χ2v) is 5.67. The minimum atomic E-state index is 0.0875. The Hall–Kier alpha value is -1.39. The van der Waals surface area contributed by atoms with Gasteiger partial charge in [0.15, 0.2) is 0 Å². The summed E-state index contributed by atoms with van der Waals surface area (Å²) in [4.78, 5) is 14.0. The summed E-state index contributed by atoms with van der Waals surface area (Å²) < 4.78 is 10.2. The number of carbonyl (C=O) groups is 1. The lowest BCUT2D eigenvalue weighted by Gasteiger charge is -2.37. The Bertz CT molecular complexity index is 435. The lowest BCUT2D eigenvalue weighted by molar-refractivity contribution is -0.138. The molecule has 21 heavy (non-hydrogen) atoms. The normalized spacial score (nSPS) is 22.3. The van der Waals surface area contributed by atoms with E-state index in [0.717, 1.165) is 19.5 Å². The number of hydrogen-bond acceptors (Lipinski definition) is 3. The number of likely N-dealkylation sites (tertiary alicyclic amines) is 1. The molecule has 0 aliphatic carbocycles. The number of piperidine rings is 1. The van der Waals surface area contributed by atoms with Crippen molar-refractivity contribution in [3.63, 3.8) is 0 Å². The lowest BCUT2D eigenvalue weighted by atomic mass is 9.81. The van der Waals surface area contributed by atoms with Crippen LogP contribution >= 0.6 is 0 Å². The standard InChI is InChI=1S/C17H25NO3/c1-14-12-18(17(19)13-21-11-10-20-2)9-8-16(14)15-6-4-3-5-7-15/h3-7,14,16H,8-13H2,1-2H3/t14-,16+/m1/s1. The fraction of sp³-hybridized carbons (Fsp3) is 0.588. The van der Waals surface area contributed by atoms with Crippen molar-refractivity contribution in [2.45, 2.75) is 19.3 Å². The van der Waals surface area contributed by atoms with Crippen LogP contribution in [0.3, 0.4) is 0 Å². The van der Waals surface area contributed by atoms with Crippen LogP contribution in [0.4, 0.5) is 0 Å². The van der Waals surface area contributed by atoms with Gasteiger partial charge < -0.3 is 14.4 Å². The van der Waals surface area contributed by atoms with Crippen molar-refractivity contribution < 1.29 is 14.3 Å². The van der Waals surface area contributed by atoms with Crippen LogP contribution in [0.1, 0.15) is 24.8 Å². The highest BCUT2D eigenvalue weighted by atomic mass is 16.5. The molecule has 0 spiro atoms. The topological polar surface area (TPSA) is 38.8 Å². The first-order valence-electron chi connectivity index (χ1n) is 7.61. The molecule has 0 aromatic heterocycles. The van der Waals surface area contributed by atoms with Crippen LogP contribution in [0.15, 0.2) is 30.3 Å². The van der Waals surface area contributed by atoms with E-state index in [-0.39, 0.29) is 12.5 Å². The van der Waals surface area contributed by atoms with E-state index in [2.05, 4.69) is 31.2 Å². The van der Waals surface area contributed by atoms with E-state index in [1.165, 1.54) is 5.56 Å². The van der Waals surface area contributed by atoms with Crippen LogP contribution in [-0.2, 0) is 14.3 Å². The Balaban J connectivity index is 1.81. The van der Waals surface area contributed by atoms with Gasteiger partial charge in [0.25, 0.3) is 0 Å². The molecule has 1 aliphatic heterocycles. The zero-order chi connectivity index (χ0) is 15.1. The molecule has 0 saturated carbocycles. The van der Waals surface area contributed by atoms with E-state index in [9.17, 15) is 4.79 Å². The highest BCUT2D eigenvalue weighted by Crippen LogP contribution is 2.32. The Morgan fingerprint density at radius 3 is 2.71 bits per heavy atom. The summed E-state index contributed by atoms with van der Waals surface area (Å²) in [5, 5.41) is 0. The molecule has 0 unspecified atom stereocenters. The predicted molar refractivity (Wildman–Crippen MR) is 82.2 cm³/mol. The van der Waals surface area contributed by atoms with E-state index in [1.54, 1.807) is 7.11 Å². The quantitative estimate of drug-likeness (QED) is 0.755. The van der Waals surface area contributed by atoms with Crippen molar-refractivity contribution in [2.24, 2.45) is 5.92 Å². The van der Waals surface area contributed by atoms with Crippen LogP contribution < -0.4 is 0 Å². The number of ether oxygens (including phenoxy) is 2. The Morgan fingerprint density at radius 1 is 1.29 bits per heavy atom. The third kappa shape index (κ3) is 4.55. The molecular weight excluding hydrogens is 266 g/mol. The Kier molecular flexibility index (Phi) is 6.21. The maximum atomic E-state index is 12.1. The van der Waals surface area contributed by atoms with Crippen molar-refractivity contribution >= 4 is 5.91 Å². The predicted octanol–water partition coefficient (Wildman–Crippen LogP) is 2.30. The molecule has 2 atom stereocenters. The van der Waals surface area contributed by atoms with E-state index < -0.39 is 0 Å². The molecule has 116 valence electrons. The van der Waals surface area contributed by atoms with Gasteiger partial charge in [0.1, 0.15) is 6.61 Å². The van der Waals surface area contributed by atoms with Crippen LogP contribution in [0.2, 0.25) is 0 Å². The maximum Gasteiger partial charge on any atom is 0.248 e. The van der Waals surface area contributed by atoms with Crippen LogP contribution in [-0.4, -0.2) is 50.8 Å². The molecule has 0 bridgehead atoms. The van der Waals surface area contributed by atoms with E-state index >= 15 is 0 Å². The second kappa shape index (κ2) is 8.15. The van der Waals surface area contributed by atoms with Gasteiger partial charge in [-0.15, -0.1) is 0 Å². The average molecular weight is 291 g/mol. The first-order chi connectivity index (χ1) is 10.2. The Labute approximate surface area is 127 Å². The summed E-state index contributed by atoms with van der Waals surface area (Å²) in [5.74, 6) is 1.11. The minimum Gasteiger partial charge on any atom is -0.382 e. The Morgan fingerprint density at radius 2 is 2.05 bits per heavy atom. The molecule has 0 N–H and O–H groups in total. The van der Waals surface area contributed by atoms with Gasteiger partial charge in [0.2, 0.25) is 5.91 Å². The van der Waals surface area contributed by atoms with Crippen molar-refractivity contribution in [2.75, 3.05) is 40.0 Å². The van der Waals surface area contributed by atoms with Crippen LogP contribution in [0.25, 0.3) is 0 Å². The summed E-state index contributed by atoms with van der Waals surface area (Å²) in [6, 6.07) is 10.6. The third-order valence-electron chi connectivity index (χ3n) is 4.14. The fourth-order valence-corrected chi connectivity index (χ4v) is 2.96. The number of carbonyl (C=O) groups excluding carboxylic acids is 1. The number of hydrogen-bond donors (Lipinski definition) is 0. The molecular formula is C17H25NO3. The van der Waals surface area contributed by atoms with E-state index in [4.69, 9.17) is 9.47 Å². The summed E-state index contributed by atoms with van der Waals surface area (Å²) >= 11 is 0. The van der Waals surface area contributed by atoms with Gasteiger partial charge >= 0.3 is 0 Å². The molecule has 1 aliphatic rings. The zero-order valence-corrected chi connectivity index (χ0v) is 13.0. The van der Waals surface area contributed by atoms with Gasteiger partial charge in [0.05, 0.1) is 13.2 Å². The molecule has 4 nitrogen and oxygen atoms in total. The van der Waals surface area contributed by atoms with E-state index in [1.807, 2.05) is 11.0 Å². The van der Waals surface area contributed by atoms with Crippen molar-refractivity contribution in [3.8, 4) is 0 Å². The van der Waals surface area contributed by atoms with Gasteiger partial charge in [-0.3, -0.25) is 4.79 Å². The number of benzene rings is 1. The number of amides is 1. The SMILES string of the molecule is COCCOCC(=O)N1CC[C@H](c2ccccc2)[C@H](C)C1. The van der Waals surface area contributed by atoms with Gasteiger partial charge in [-0.05, 0) is 23.8 Å². The minimum absolute atomic E-state index is 0.0875. The first-order valence-corrected chi connectivity index (χ1v) is 7.61. The van der Waals surface area contributed by atoms with Gasteiger partial charge in [-0.25, -0.2) is 0 Å². The number of methoxy groups -OCH3 is 1. The molecule has 0 radical (unpaired) electrons. The summed E-state index contributed by atoms with van der Waals surface area (Å²) in [6.07, 6.45) is 1.02. The van der Waals surface area contributed by atoms with Crippen LogP contribution in [0.5, 0.6) is 0 Å². The lowest BCUT2D eigenvalue weighted by Crippen LogP contribution is -2.43. The largest absolute Gasteiger partial charge is 0.382 e. The van der Waals surface area contributed by atoms with E-state index in [0.29, 0.717) is 25.0 Å². The molecule has 4 heteroatoms. The molecule has 1 aromatic rings. The molecule has 1 amide bonds. The third-order valence-corrected chi connectivity index (χ3v) is 4.14. The molecule has 1 heterocycles. The zero-order valence-electron chi connectivity index (χ0n) is 13.0. The van der Waals surface area contributed by atoms with Crippen molar-refractivity contribution in [3.05, 3.63) is 35.9 Å². The monoisotopic (exact) mass is 291 g/mol. The molecule has 1 fully saturated rings.